The molecule has 0 aromatic heterocycles. The lowest BCUT2D eigenvalue weighted by atomic mass is 9.52. The van der Waals surface area contributed by atoms with E-state index in [0.29, 0.717) is 47.3 Å². The first-order chi connectivity index (χ1) is 23.0. The Kier molecular flexibility index (Phi) is 7.94. The highest BCUT2D eigenvalue weighted by Crippen LogP contribution is 2.59. The van der Waals surface area contributed by atoms with E-state index in [1.54, 1.807) is 6.08 Å². The zero-order chi connectivity index (χ0) is 33.3. The van der Waals surface area contributed by atoms with E-state index >= 15 is 0 Å². The molecule has 8 nitrogen and oxygen atoms in total. The molecule has 6 aliphatic rings. The topological polar surface area (TPSA) is 107 Å². The summed E-state index contributed by atoms with van der Waals surface area (Å²) in [6.45, 7) is 7.06. The van der Waals surface area contributed by atoms with Crippen molar-refractivity contribution in [2.24, 2.45) is 17.3 Å². The van der Waals surface area contributed by atoms with E-state index < -0.39 is 30.1 Å². The Bertz CT molecular complexity index is 1630. The fraction of sp³-hybridized carbons (Fsp3) is 0.550. The van der Waals surface area contributed by atoms with Gasteiger partial charge in [-0.1, -0.05) is 61.9 Å². The van der Waals surface area contributed by atoms with Crippen LogP contribution in [0.1, 0.15) is 86.3 Å². The minimum Gasteiger partial charge on any atom is -0.456 e. The van der Waals surface area contributed by atoms with Crippen LogP contribution in [-0.2, 0) is 36.6 Å². The molecular formula is C40H47NO7. The second kappa shape index (κ2) is 11.9. The van der Waals surface area contributed by atoms with Gasteiger partial charge in [-0.3, -0.25) is 4.79 Å². The summed E-state index contributed by atoms with van der Waals surface area (Å²) in [5, 5.41) is 12.0. The van der Waals surface area contributed by atoms with Gasteiger partial charge in [0.05, 0.1) is 23.9 Å². The molecule has 0 bridgehead atoms. The molecule has 8 heteroatoms. The number of fused-ring (bicyclic) bond motifs is 4. The van der Waals surface area contributed by atoms with Crippen LogP contribution in [0.15, 0.2) is 65.8 Å². The summed E-state index contributed by atoms with van der Waals surface area (Å²) in [4.78, 5) is 26.6. The fourth-order valence-electron chi connectivity index (χ4n) is 9.29. The van der Waals surface area contributed by atoms with Gasteiger partial charge in [-0.05, 0) is 91.2 Å². The van der Waals surface area contributed by atoms with E-state index in [-0.39, 0.29) is 31.1 Å². The molecule has 4 aliphatic carbocycles. The standard InChI is InChI=1S/C40H47NO7/c1-38(2)23-30-26(12-13-34-39(3,47-34)15-14-31(30)38)18-24-8-10-25(11-9-24)37(44)45-32-19-29(36(43)41-16-17-42)20-33-35(32)48-40(46-33)21-27-6-4-5-7-28(27)22-40/h4-11,18,20,30-35,42H,12-17,19,21-23H2,1-3H3,(H,41,43)/t30-,31-,32-,33-,34?,35+,39-/m1/s1. The van der Waals surface area contributed by atoms with Crippen LogP contribution < -0.4 is 5.32 Å². The number of ether oxygens (including phenoxy) is 4. The molecule has 1 amide bonds. The minimum absolute atomic E-state index is 0.0597. The quantitative estimate of drug-likeness (QED) is 0.304. The van der Waals surface area contributed by atoms with Crippen LogP contribution in [0.3, 0.4) is 0 Å². The van der Waals surface area contributed by atoms with Crippen molar-refractivity contribution in [2.45, 2.75) is 108 Å². The Balaban J connectivity index is 0.986. The van der Waals surface area contributed by atoms with Crippen LogP contribution in [0.4, 0.5) is 0 Å². The highest BCUT2D eigenvalue weighted by Gasteiger charge is 2.57. The number of aliphatic hydroxyl groups excluding tert-OH is 1. The molecule has 254 valence electrons. The van der Waals surface area contributed by atoms with Crippen molar-refractivity contribution in [3.05, 3.63) is 88.0 Å². The third-order valence-electron chi connectivity index (χ3n) is 12.1. The maximum atomic E-state index is 13.6. The third-order valence-corrected chi connectivity index (χ3v) is 12.1. The Morgan fingerprint density at radius 1 is 1.00 bits per heavy atom. The number of nitrogens with one attached hydrogen (secondary N) is 1. The number of carbonyl (C=O) groups is 2. The maximum absolute atomic E-state index is 13.6. The van der Waals surface area contributed by atoms with Crippen molar-refractivity contribution in [3.8, 4) is 0 Å². The molecule has 2 saturated carbocycles. The lowest BCUT2D eigenvalue weighted by Gasteiger charge is -2.53. The summed E-state index contributed by atoms with van der Waals surface area (Å²) in [5.41, 5.74) is 6.27. The average Bonchev–Trinajstić information content (AvgIpc) is 3.36. The normalized spacial score (nSPS) is 34.7. The van der Waals surface area contributed by atoms with Crippen molar-refractivity contribution >= 4 is 18.0 Å². The summed E-state index contributed by atoms with van der Waals surface area (Å²) in [6, 6.07) is 15.9. The molecule has 48 heavy (non-hydrogen) atoms. The van der Waals surface area contributed by atoms with E-state index in [4.69, 9.17) is 18.9 Å². The lowest BCUT2D eigenvalue weighted by Crippen LogP contribution is -2.45. The number of rotatable bonds is 6. The number of hydrogen-bond acceptors (Lipinski definition) is 7. The lowest BCUT2D eigenvalue weighted by molar-refractivity contribution is -0.172. The largest absolute Gasteiger partial charge is 0.456 e. The van der Waals surface area contributed by atoms with Crippen molar-refractivity contribution in [1.82, 2.24) is 5.32 Å². The summed E-state index contributed by atoms with van der Waals surface area (Å²) in [7, 11) is 0. The molecule has 2 aliphatic heterocycles. The van der Waals surface area contributed by atoms with E-state index in [2.05, 4.69) is 44.3 Å². The molecule has 2 N–H and O–H groups in total. The summed E-state index contributed by atoms with van der Waals surface area (Å²) in [6.07, 6.45) is 9.77. The molecule has 2 aromatic carbocycles. The monoisotopic (exact) mass is 653 g/mol. The van der Waals surface area contributed by atoms with E-state index in [0.717, 1.165) is 24.8 Å². The second-order valence-electron chi connectivity index (χ2n) is 15.8. The van der Waals surface area contributed by atoms with Gasteiger partial charge in [0.1, 0.15) is 18.3 Å². The molecule has 4 fully saturated rings. The molecule has 2 aromatic rings. The Morgan fingerprint density at radius 3 is 2.46 bits per heavy atom. The molecule has 7 atom stereocenters. The van der Waals surface area contributed by atoms with E-state index in [9.17, 15) is 14.7 Å². The van der Waals surface area contributed by atoms with E-state index in [1.807, 2.05) is 36.4 Å². The predicted molar refractivity (Wildman–Crippen MR) is 180 cm³/mol. The fourth-order valence-corrected chi connectivity index (χ4v) is 9.29. The SMILES string of the molecule is CC1(C)C[C@@H]2C(=Cc3ccc(C(=O)O[C@@H]4CC(C(=O)NCCO)=C[C@H]5OC6(Cc7ccccc7C6)O[C@H]54)cc3)CCC3O[C@]3(C)CC[C@H]21. The molecule has 0 radical (unpaired) electrons. The zero-order valence-electron chi connectivity index (χ0n) is 28.2. The molecule has 2 heterocycles. The number of benzene rings is 2. The van der Waals surface area contributed by atoms with Crippen LogP contribution in [-0.4, -0.2) is 65.9 Å². The van der Waals surface area contributed by atoms with Gasteiger partial charge >= 0.3 is 5.97 Å². The number of carbonyl (C=O) groups excluding carboxylic acids is 2. The van der Waals surface area contributed by atoms with Crippen molar-refractivity contribution < 1.29 is 33.6 Å². The van der Waals surface area contributed by atoms with Gasteiger partial charge in [0.25, 0.3) is 0 Å². The Morgan fingerprint density at radius 2 is 1.75 bits per heavy atom. The third kappa shape index (κ3) is 5.85. The Hall–Kier alpha value is -3.30. The van der Waals surface area contributed by atoms with Gasteiger partial charge in [-0.25, -0.2) is 4.79 Å². The highest BCUT2D eigenvalue weighted by molar-refractivity contribution is 5.94. The first-order valence-electron chi connectivity index (χ1n) is 17.8. The number of amides is 1. The summed E-state index contributed by atoms with van der Waals surface area (Å²) in [5.74, 6) is -0.350. The number of allylic oxidation sites excluding steroid dienone is 1. The number of epoxide rings is 1. The molecule has 1 spiro atoms. The maximum Gasteiger partial charge on any atom is 0.338 e. The summed E-state index contributed by atoms with van der Waals surface area (Å²) < 4.78 is 25.4. The summed E-state index contributed by atoms with van der Waals surface area (Å²) >= 11 is 0. The van der Waals surface area contributed by atoms with Gasteiger partial charge < -0.3 is 29.4 Å². The van der Waals surface area contributed by atoms with Crippen LogP contribution in [0, 0.1) is 17.3 Å². The van der Waals surface area contributed by atoms with Gasteiger partial charge in [-0.2, -0.15) is 0 Å². The smallest absolute Gasteiger partial charge is 0.338 e. The van der Waals surface area contributed by atoms with Crippen LogP contribution >= 0.6 is 0 Å². The molecule has 1 unspecified atom stereocenters. The van der Waals surface area contributed by atoms with Gasteiger partial charge in [-0.15, -0.1) is 0 Å². The second-order valence-corrected chi connectivity index (χ2v) is 15.8. The van der Waals surface area contributed by atoms with Crippen molar-refractivity contribution in [3.63, 3.8) is 0 Å². The Labute approximate surface area is 282 Å². The van der Waals surface area contributed by atoms with Gasteiger partial charge in [0.15, 0.2) is 5.79 Å². The van der Waals surface area contributed by atoms with Crippen LogP contribution in [0.5, 0.6) is 0 Å². The number of aliphatic hydroxyl groups is 1. The van der Waals surface area contributed by atoms with Crippen molar-refractivity contribution in [2.75, 3.05) is 13.2 Å². The minimum atomic E-state index is -0.860. The number of esters is 1. The molecular weight excluding hydrogens is 606 g/mol. The number of hydrogen-bond donors (Lipinski definition) is 2. The van der Waals surface area contributed by atoms with E-state index in [1.165, 1.54) is 29.5 Å². The molecule has 2 saturated heterocycles. The molecule has 8 rings (SSSR count). The van der Waals surface area contributed by atoms with Crippen LogP contribution in [0.25, 0.3) is 6.08 Å². The van der Waals surface area contributed by atoms with Gasteiger partial charge in [0.2, 0.25) is 5.91 Å². The first kappa shape index (κ1) is 31.9. The predicted octanol–water partition coefficient (Wildman–Crippen LogP) is 5.71. The van der Waals surface area contributed by atoms with Crippen molar-refractivity contribution in [1.29, 1.82) is 0 Å². The van der Waals surface area contributed by atoms with Gasteiger partial charge in [0, 0.05) is 31.4 Å². The highest BCUT2D eigenvalue weighted by atomic mass is 16.8. The average molecular weight is 654 g/mol. The van der Waals surface area contributed by atoms with Crippen LogP contribution in [0.2, 0.25) is 0 Å². The zero-order valence-corrected chi connectivity index (χ0v) is 28.2. The first-order valence-corrected chi connectivity index (χ1v) is 17.8.